The zero-order chi connectivity index (χ0) is 18.2. The third-order valence-electron chi connectivity index (χ3n) is 4.09. The largest absolute Gasteiger partial charge is 0.507 e. The van der Waals surface area contributed by atoms with E-state index in [1.165, 1.54) is 6.07 Å². The van der Waals surface area contributed by atoms with E-state index in [0.717, 1.165) is 47.1 Å². The molecular weight excluding hydrogens is 354 g/mol. The summed E-state index contributed by atoms with van der Waals surface area (Å²) in [7, 11) is 0. The molecule has 0 aliphatic carbocycles. The van der Waals surface area contributed by atoms with Gasteiger partial charge in [0, 0.05) is 42.6 Å². The predicted molar refractivity (Wildman–Crippen MR) is 110 cm³/mol. The van der Waals surface area contributed by atoms with E-state index in [0.29, 0.717) is 17.7 Å². The Morgan fingerprint density at radius 2 is 1.76 bits per heavy atom. The fourth-order valence-corrected chi connectivity index (χ4v) is 4.10. The predicted octanol–water partition coefficient (Wildman–Crippen LogP) is 4.12. The van der Waals surface area contributed by atoms with Crippen LogP contribution in [-0.4, -0.2) is 46.1 Å². The van der Waals surface area contributed by atoms with Crippen LogP contribution in [0, 0.1) is 6.92 Å². The normalized spacial score (nSPS) is 11.5. The number of hydrogen-bond acceptors (Lipinski definition) is 6. The third kappa shape index (κ3) is 5.69. The second-order valence-electron chi connectivity index (χ2n) is 5.86. The Hall–Kier alpha value is -1.11. The minimum atomic E-state index is -0.369. The molecular formula is C19H27NO3S2. The van der Waals surface area contributed by atoms with Gasteiger partial charge in [0.1, 0.15) is 11.3 Å². The minimum absolute atomic E-state index is 0.192. The second kappa shape index (κ2) is 10.1. The highest BCUT2D eigenvalue weighted by Crippen LogP contribution is 2.29. The molecule has 0 fully saturated rings. The van der Waals surface area contributed by atoms with Gasteiger partial charge in [-0.1, -0.05) is 13.8 Å². The summed E-state index contributed by atoms with van der Waals surface area (Å²) in [6, 6.07) is 5.01. The molecule has 0 unspecified atom stereocenters. The van der Waals surface area contributed by atoms with Crippen molar-refractivity contribution in [1.29, 1.82) is 0 Å². The number of benzene rings is 1. The minimum Gasteiger partial charge on any atom is -0.507 e. The highest BCUT2D eigenvalue weighted by Gasteiger charge is 2.16. The molecule has 1 aromatic heterocycles. The molecule has 0 spiro atoms. The Morgan fingerprint density at radius 3 is 2.36 bits per heavy atom. The van der Waals surface area contributed by atoms with Crippen LogP contribution in [0.25, 0.3) is 11.0 Å². The van der Waals surface area contributed by atoms with Crippen molar-refractivity contribution >= 4 is 34.5 Å². The number of phenols is 1. The molecule has 0 radical (unpaired) electrons. The van der Waals surface area contributed by atoms with Gasteiger partial charge in [-0.2, -0.15) is 23.5 Å². The van der Waals surface area contributed by atoms with Crippen molar-refractivity contribution in [3.63, 3.8) is 0 Å². The first-order valence-corrected chi connectivity index (χ1v) is 11.0. The van der Waals surface area contributed by atoms with E-state index in [-0.39, 0.29) is 11.4 Å². The van der Waals surface area contributed by atoms with Gasteiger partial charge in [0.05, 0.1) is 5.56 Å². The highest BCUT2D eigenvalue weighted by molar-refractivity contribution is 7.99. The number of fused-ring (bicyclic) bond motifs is 1. The molecule has 0 amide bonds. The summed E-state index contributed by atoms with van der Waals surface area (Å²) in [4.78, 5) is 14.1. The van der Waals surface area contributed by atoms with Gasteiger partial charge >= 0.3 is 5.63 Å². The lowest BCUT2D eigenvalue weighted by Crippen LogP contribution is -2.28. The smallest absolute Gasteiger partial charge is 0.336 e. The SMILES string of the molecule is CCSCCN(CCSCC)Cc1c(O)ccc2c(C)cc(=O)oc12. The van der Waals surface area contributed by atoms with E-state index in [9.17, 15) is 9.90 Å². The molecule has 2 rings (SSSR count). The van der Waals surface area contributed by atoms with Crippen LogP contribution in [0.1, 0.15) is 25.0 Å². The molecule has 6 heteroatoms. The average Bonchev–Trinajstić information content (AvgIpc) is 2.57. The van der Waals surface area contributed by atoms with Crippen molar-refractivity contribution in [3.05, 3.63) is 39.7 Å². The van der Waals surface area contributed by atoms with Crippen LogP contribution >= 0.6 is 23.5 Å². The lowest BCUT2D eigenvalue weighted by Gasteiger charge is -2.23. The number of phenolic OH excluding ortho intramolecular Hbond substituents is 1. The molecule has 0 aliphatic heterocycles. The third-order valence-corrected chi connectivity index (χ3v) is 5.85. The first-order valence-electron chi connectivity index (χ1n) is 8.70. The van der Waals surface area contributed by atoms with Crippen LogP contribution in [-0.2, 0) is 6.54 Å². The molecule has 0 aliphatic rings. The summed E-state index contributed by atoms with van der Waals surface area (Å²) >= 11 is 3.83. The van der Waals surface area contributed by atoms with Crippen molar-refractivity contribution in [2.45, 2.75) is 27.3 Å². The second-order valence-corrected chi connectivity index (χ2v) is 8.65. The van der Waals surface area contributed by atoms with Gasteiger partial charge in [-0.25, -0.2) is 4.79 Å². The van der Waals surface area contributed by atoms with Crippen LogP contribution in [0.15, 0.2) is 27.4 Å². The van der Waals surface area contributed by atoms with Crippen LogP contribution in [0.5, 0.6) is 5.75 Å². The van der Waals surface area contributed by atoms with Crippen LogP contribution in [0.2, 0.25) is 0 Å². The molecule has 0 saturated carbocycles. The van der Waals surface area contributed by atoms with Crippen molar-refractivity contribution < 1.29 is 9.52 Å². The van der Waals surface area contributed by atoms with E-state index >= 15 is 0 Å². The van der Waals surface area contributed by atoms with Crippen molar-refractivity contribution in [1.82, 2.24) is 4.90 Å². The summed E-state index contributed by atoms with van der Waals surface area (Å²) in [6.45, 7) is 8.72. The molecule has 1 N–H and O–H groups in total. The van der Waals surface area contributed by atoms with Gasteiger partial charge < -0.3 is 9.52 Å². The summed E-state index contributed by atoms with van der Waals surface area (Å²) in [6.07, 6.45) is 0. The van der Waals surface area contributed by atoms with Gasteiger partial charge in [-0.15, -0.1) is 0 Å². The molecule has 0 saturated heterocycles. The summed E-state index contributed by atoms with van der Waals surface area (Å²) < 4.78 is 5.45. The summed E-state index contributed by atoms with van der Waals surface area (Å²) in [5, 5.41) is 11.3. The summed E-state index contributed by atoms with van der Waals surface area (Å²) in [5.74, 6) is 4.51. The molecule has 4 nitrogen and oxygen atoms in total. The van der Waals surface area contributed by atoms with Gasteiger partial charge in [0.25, 0.3) is 0 Å². The topological polar surface area (TPSA) is 53.7 Å². The van der Waals surface area contributed by atoms with E-state index in [1.54, 1.807) is 6.07 Å². The molecule has 25 heavy (non-hydrogen) atoms. The lowest BCUT2D eigenvalue weighted by molar-refractivity contribution is 0.295. The standard InChI is InChI=1S/C19H27NO3S2/c1-4-24-10-8-20(9-11-25-5-2)13-16-17(21)7-6-15-14(3)12-18(22)23-19(15)16/h6-7,12,21H,4-5,8-11,13H2,1-3H3. The Morgan fingerprint density at radius 1 is 1.12 bits per heavy atom. The highest BCUT2D eigenvalue weighted by atomic mass is 32.2. The maximum absolute atomic E-state index is 11.8. The number of thioether (sulfide) groups is 2. The van der Waals surface area contributed by atoms with E-state index in [4.69, 9.17) is 4.42 Å². The maximum atomic E-state index is 11.8. The molecule has 1 heterocycles. The van der Waals surface area contributed by atoms with Crippen LogP contribution < -0.4 is 5.63 Å². The zero-order valence-electron chi connectivity index (χ0n) is 15.2. The van der Waals surface area contributed by atoms with Crippen molar-refractivity contribution in [2.75, 3.05) is 36.1 Å². The van der Waals surface area contributed by atoms with Crippen molar-refractivity contribution in [3.8, 4) is 5.75 Å². The van der Waals surface area contributed by atoms with Gasteiger partial charge in [0.2, 0.25) is 0 Å². The quantitative estimate of drug-likeness (QED) is 0.494. The van der Waals surface area contributed by atoms with Crippen LogP contribution in [0.3, 0.4) is 0 Å². The lowest BCUT2D eigenvalue weighted by atomic mass is 10.1. The average molecular weight is 382 g/mol. The Labute approximate surface area is 158 Å². The van der Waals surface area contributed by atoms with Gasteiger partial charge in [-0.05, 0) is 36.1 Å². The van der Waals surface area contributed by atoms with E-state index in [2.05, 4.69) is 18.7 Å². The van der Waals surface area contributed by atoms with Crippen LogP contribution in [0.4, 0.5) is 0 Å². The number of aryl methyl sites for hydroxylation is 1. The molecule has 1 aromatic carbocycles. The fraction of sp³-hybridized carbons (Fsp3) is 0.526. The number of nitrogens with zero attached hydrogens (tertiary/aromatic N) is 1. The zero-order valence-corrected chi connectivity index (χ0v) is 16.8. The molecule has 2 aromatic rings. The van der Waals surface area contributed by atoms with Gasteiger partial charge in [-0.3, -0.25) is 4.90 Å². The van der Waals surface area contributed by atoms with Gasteiger partial charge in [0.15, 0.2) is 0 Å². The monoisotopic (exact) mass is 381 g/mol. The maximum Gasteiger partial charge on any atom is 0.336 e. The molecule has 138 valence electrons. The van der Waals surface area contributed by atoms with E-state index < -0.39 is 0 Å². The van der Waals surface area contributed by atoms with Crippen molar-refractivity contribution in [2.24, 2.45) is 0 Å². The fourth-order valence-electron chi connectivity index (χ4n) is 2.75. The first kappa shape index (κ1) is 20.2. The Kier molecular flexibility index (Phi) is 8.19. The summed E-state index contributed by atoms with van der Waals surface area (Å²) in [5.41, 5.74) is 1.73. The van der Waals surface area contributed by atoms with E-state index in [1.807, 2.05) is 36.5 Å². The Balaban J connectivity index is 2.29. The number of rotatable bonds is 10. The first-order chi connectivity index (χ1) is 12.1. The Bertz CT molecular complexity index is 735. The molecule has 0 bridgehead atoms. The molecule has 0 atom stereocenters. The number of hydrogen-bond donors (Lipinski definition) is 1. The number of aromatic hydroxyl groups is 1.